The Morgan fingerprint density at radius 2 is 1.74 bits per heavy atom. The van der Waals surface area contributed by atoms with Crippen LogP contribution in [0.4, 0.5) is 10.1 Å². The number of carbonyl (C=O) groups is 2. The first-order chi connectivity index (χ1) is 10.9. The molecule has 0 aliphatic carbocycles. The molecule has 0 aliphatic heterocycles. The highest BCUT2D eigenvalue weighted by molar-refractivity contribution is 6.06. The molecule has 0 aromatic heterocycles. The number of unbranched alkanes of at least 4 members (excludes halogenated alkanes) is 1. The Kier molecular flexibility index (Phi) is 7.00. The van der Waals surface area contributed by atoms with E-state index in [0.29, 0.717) is 12.8 Å². The summed E-state index contributed by atoms with van der Waals surface area (Å²) in [6, 6.07) is 3.83. The third-order valence-electron chi connectivity index (χ3n) is 3.56. The van der Waals surface area contributed by atoms with E-state index >= 15 is 0 Å². The van der Waals surface area contributed by atoms with Crippen LogP contribution in [0.2, 0.25) is 0 Å². The lowest BCUT2D eigenvalue weighted by molar-refractivity contribution is -0.164. The number of carbonyl (C=O) groups excluding carboxylic acids is 2. The zero-order valence-electron chi connectivity index (χ0n) is 13.9. The molecule has 0 saturated heterocycles. The first kappa shape index (κ1) is 18.9. The van der Waals surface area contributed by atoms with Crippen molar-refractivity contribution in [2.24, 2.45) is 0 Å². The number of hydrogen-bond acceptors (Lipinski definition) is 5. The van der Waals surface area contributed by atoms with Gasteiger partial charge in [-0.2, -0.15) is 0 Å². The van der Waals surface area contributed by atoms with Gasteiger partial charge in [0, 0.05) is 0 Å². The molecule has 128 valence electrons. The lowest BCUT2D eigenvalue weighted by Crippen LogP contribution is -2.44. The Morgan fingerprint density at radius 3 is 2.26 bits per heavy atom. The summed E-state index contributed by atoms with van der Waals surface area (Å²) in [5, 5.41) is 0. The molecule has 0 aliphatic rings. The Morgan fingerprint density at radius 1 is 1.13 bits per heavy atom. The van der Waals surface area contributed by atoms with E-state index in [1.807, 2.05) is 13.8 Å². The second-order valence-electron chi connectivity index (χ2n) is 5.49. The summed E-state index contributed by atoms with van der Waals surface area (Å²) in [5.41, 5.74) is 3.83. The van der Waals surface area contributed by atoms with Gasteiger partial charge >= 0.3 is 11.9 Å². The molecule has 1 atom stereocenters. The highest BCUT2D eigenvalue weighted by atomic mass is 19.1. The molecule has 0 amide bonds. The van der Waals surface area contributed by atoms with Crippen LogP contribution in [0, 0.1) is 5.82 Å². The molecule has 1 aromatic carbocycles. The van der Waals surface area contributed by atoms with Crippen LogP contribution >= 0.6 is 0 Å². The Balaban J connectivity index is 3.15. The van der Waals surface area contributed by atoms with Crippen LogP contribution in [0.1, 0.15) is 45.6 Å². The van der Waals surface area contributed by atoms with Crippen molar-refractivity contribution in [2.75, 3.05) is 18.9 Å². The smallest absolute Gasteiger partial charge is 0.327 e. The fourth-order valence-corrected chi connectivity index (χ4v) is 1.95. The van der Waals surface area contributed by atoms with Gasteiger partial charge in [0.15, 0.2) is 5.41 Å². The van der Waals surface area contributed by atoms with Crippen LogP contribution in [-0.4, -0.2) is 25.2 Å². The zero-order chi connectivity index (χ0) is 17.5. The zero-order valence-corrected chi connectivity index (χ0v) is 13.9. The van der Waals surface area contributed by atoms with E-state index in [9.17, 15) is 14.0 Å². The monoisotopic (exact) mass is 325 g/mol. The number of rotatable bonds is 8. The molecule has 0 heterocycles. The predicted octanol–water partition coefficient (Wildman–Crippen LogP) is 2.96. The SMILES string of the molecule is CCCCOC(=O)C(C)(C(=O)OCCC)c1ccc(N)c(F)c1. The largest absolute Gasteiger partial charge is 0.465 e. The van der Waals surface area contributed by atoms with E-state index in [-0.39, 0.29) is 24.5 Å². The summed E-state index contributed by atoms with van der Waals surface area (Å²) in [5.74, 6) is -2.21. The Hall–Kier alpha value is -2.11. The molecule has 1 rings (SSSR count). The lowest BCUT2D eigenvalue weighted by atomic mass is 9.82. The van der Waals surface area contributed by atoms with Crippen molar-refractivity contribution in [1.82, 2.24) is 0 Å². The summed E-state index contributed by atoms with van der Waals surface area (Å²) in [6.07, 6.45) is 2.14. The minimum Gasteiger partial charge on any atom is -0.465 e. The van der Waals surface area contributed by atoms with Crippen LogP contribution in [0.5, 0.6) is 0 Å². The predicted molar refractivity (Wildman–Crippen MR) is 85.3 cm³/mol. The van der Waals surface area contributed by atoms with Crippen LogP contribution in [-0.2, 0) is 24.5 Å². The van der Waals surface area contributed by atoms with Crippen LogP contribution in [0.15, 0.2) is 18.2 Å². The fourth-order valence-electron chi connectivity index (χ4n) is 1.95. The van der Waals surface area contributed by atoms with Crippen molar-refractivity contribution in [2.45, 2.75) is 45.4 Å². The molecule has 0 fully saturated rings. The normalized spacial score (nSPS) is 13.2. The molecule has 6 heteroatoms. The topological polar surface area (TPSA) is 78.6 Å². The molecule has 1 aromatic rings. The summed E-state index contributed by atoms with van der Waals surface area (Å²) in [4.78, 5) is 24.9. The molecule has 23 heavy (non-hydrogen) atoms. The van der Waals surface area contributed by atoms with Gasteiger partial charge in [0.05, 0.1) is 18.9 Å². The number of ether oxygens (including phenoxy) is 2. The third kappa shape index (κ3) is 4.43. The Bertz CT molecular complexity index is 562. The number of nitrogen functional groups attached to an aromatic ring is 1. The number of halogens is 1. The van der Waals surface area contributed by atoms with Gasteiger partial charge < -0.3 is 15.2 Å². The highest BCUT2D eigenvalue weighted by Gasteiger charge is 2.46. The second kappa shape index (κ2) is 8.50. The summed E-state index contributed by atoms with van der Waals surface area (Å²) in [7, 11) is 0. The number of nitrogens with two attached hydrogens (primary N) is 1. The van der Waals surface area contributed by atoms with Gasteiger partial charge in [-0.3, -0.25) is 9.59 Å². The van der Waals surface area contributed by atoms with Crippen molar-refractivity contribution in [3.63, 3.8) is 0 Å². The number of anilines is 1. The maximum absolute atomic E-state index is 13.8. The summed E-state index contributed by atoms with van der Waals surface area (Å²) < 4.78 is 24.1. The van der Waals surface area contributed by atoms with E-state index in [1.54, 1.807) is 0 Å². The van der Waals surface area contributed by atoms with Crippen molar-refractivity contribution in [3.8, 4) is 0 Å². The molecule has 0 bridgehead atoms. The molecular weight excluding hydrogens is 301 g/mol. The van der Waals surface area contributed by atoms with Crippen molar-refractivity contribution in [3.05, 3.63) is 29.6 Å². The fraction of sp³-hybridized carbons (Fsp3) is 0.529. The average Bonchev–Trinajstić information content (AvgIpc) is 2.54. The second-order valence-corrected chi connectivity index (χ2v) is 5.49. The van der Waals surface area contributed by atoms with Gasteiger partial charge in [-0.1, -0.05) is 26.3 Å². The van der Waals surface area contributed by atoms with E-state index in [0.717, 1.165) is 12.5 Å². The van der Waals surface area contributed by atoms with Crippen molar-refractivity contribution >= 4 is 17.6 Å². The van der Waals surface area contributed by atoms with Crippen LogP contribution in [0.3, 0.4) is 0 Å². The maximum atomic E-state index is 13.8. The quantitative estimate of drug-likeness (QED) is 0.344. The minimum atomic E-state index is -1.72. The maximum Gasteiger partial charge on any atom is 0.327 e. The molecule has 0 saturated carbocycles. The number of benzene rings is 1. The van der Waals surface area contributed by atoms with Crippen molar-refractivity contribution in [1.29, 1.82) is 0 Å². The van der Waals surface area contributed by atoms with Gasteiger partial charge in [0.25, 0.3) is 0 Å². The first-order valence-electron chi connectivity index (χ1n) is 7.77. The first-order valence-corrected chi connectivity index (χ1v) is 7.77. The van der Waals surface area contributed by atoms with Gasteiger partial charge in [-0.15, -0.1) is 0 Å². The van der Waals surface area contributed by atoms with Crippen molar-refractivity contribution < 1.29 is 23.5 Å². The summed E-state index contributed by atoms with van der Waals surface area (Å²) >= 11 is 0. The Labute approximate surface area is 136 Å². The van der Waals surface area contributed by atoms with Crippen LogP contribution < -0.4 is 5.73 Å². The molecule has 0 spiro atoms. The van der Waals surface area contributed by atoms with E-state index < -0.39 is 23.2 Å². The van der Waals surface area contributed by atoms with E-state index in [4.69, 9.17) is 15.2 Å². The van der Waals surface area contributed by atoms with Gasteiger partial charge in [-0.25, -0.2) is 4.39 Å². The minimum absolute atomic E-state index is 0.0580. The molecule has 5 nitrogen and oxygen atoms in total. The molecular formula is C17H24FNO4. The highest BCUT2D eigenvalue weighted by Crippen LogP contribution is 2.29. The van der Waals surface area contributed by atoms with Gasteiger partial charge in [0.1, 0.15) is 5.82 Å². The summed E-state index contributed by atoms with van der Waals surface area (Å²) in [6.45, 7) is 5.55. The third-order valence-corrected chi connectivity index (χ3v) is 3.56. The standard InChI is InChI=1S/C17H24FNO4/c1-4-6-10-23-16(21)17(3,15(20)22-9-5-2)12-7-8-14(19)13(18)11-12/h7-8,11H,4-6,9-10,19H2,1-3H3. The molecule has 2 N–H and O–H groups in total. The van der Waals surface area contributed by atoms with Gasteiger partial charge in [0.2, 0.25) is 0 Å². The average molecular weight is 325 g/mol. The number of hydrogen-bond donors (Lipinski definition) is 1. The molecule has 0 radical (unpaired) electrons. The van der Waals surface area contributed by atoms with E-state index in [1.165, 1.54) is 19.1 Å². The number of esters is 2. The van der Waals surface area contributed by atoms with Gasteiger partial charge in [-0.05, 0) is 37.5 Å². The molecule has 1 unspecified atom stereocenters. The van der Waals surface area contributed by atoms with Crippen LogP contribution in [0.25, 0.3) is 0 Å². The lowest BCUT2D eigenvalue weighted by Gasteiger charge is -2.26. The van der Waals surface area contributed by atoms with E-state index in [2.05, 4.69) is 0 Å².